The largest absolute Gasteiger partial charge is 0.500 e. The molecule has 0 saturated carbocycles. The van der Waals surface area contributed by atoms with Gasteiger partial charge in [-0.05, 0) is 18.9 Å². The highest BCUT2D eigenvalue weighted by Gasteiger charge is 2.37. The van der Waals surface area contributed by atoms with Crippen molar-refractivity contribution in [1.29, 1.82) is 0 Å². The van der Waals surface area contributed by atoms with Crippen LogP contribution in [0.1, 0.15) is 18.9 Å². The van der Waals surface area contributed by atoms with Gasteiger partial charge in [0.25, 0.3) is 0 Å². The summed E-state index contributed by atoms with van der Waals surface area (Å²) in [6.07, 6.45) is 3.89. The smallest absolute Gasteiger partial charge is 0.377 e. The van der Waals surface area contributed by atoms with Crippen molar-refractivity contribution in [1.82, 2.24) is 0 Å². The van der Waals surface area contributed by atoms with E-state index in [9.17, 15) is 0 Å². The lowest BCUT2D eigenvalue weighted by atomic mass is 10.2. The third-order valence-electron chi connectivity index (χ3n) is 2.75. The standard InChI is InChI=1S/C8H8.C6H18N2O3Si.C3H6/c1-2-8-6-4-3-5-7-8;1-9-12(10-2,11-3)5-4-6(7)8;1-3-2/h2-7H,1H2;6H,4-5,7-8H2,1-3H3;3H,1H2,2H3. The molecule has 0 saturated heterocycles. The van der Waals surface area contributed by atoms with Gasteiger partial charge in [0.15, 0.2) is 0 Å². The Bertz CT molecular complexity index is 388. The van der Waals surface area contributed by atoms with Gasteiger partial charge in [0.05, 0.1) is 6.17 Å². The average Bonchev–Trinajstić information content (AvgIpc) is 2.58. The molecule has 1 aromatic carbocycles. The zero-order chi connectivity index (χ0) is 18.1. The summed E-state index contributed by atoms with van der Waals surface area (Å²) in [5.74, 6) is 0. The fraction of sp³-hybridized carbons (Fsp3) is 0.412. The van der Waals surface area contributed by atoms with Crippen LogP contribution in [0.25, 0.3) is 6.08 Å². The summed E-state index contributed by atoms with van der Waals surface area (Å²) in [7, 11) is 2.27. The molecule has 0 atom stereocenters. The third-order valence-corrected chi connectivity index (χ3v) is 5.52. The van der Waals surface area contributed by atoms with Crippen molar-refractivity contribution in [2.45, 2.75) is 25.6 Å². The molecule has 23 heavy (non-hydrogen) atoms. The number of allylic oxidation sites excluding steroid dienone is 1. The van der Waals surface area contributed by atoms with E-state index >= 15 is 0 Å². The molecule has 5 nitrogen and oxygen atoms in total. The summed E-state index contributed by atoms with van der Waals surface area (Å²) in [6, 6.07) is 10.7. The number of hydrogen-bond donors (Lipinski definition) is 2. The lowest BCUT2D eigenvalue weighted by Crippen LogP contribution is -2.45. The van der Waals surface area contributed by atoms with Crippen molar-refractivity contribution < 1.29 is 13.3 Å². The molecule has 6 heteroatoms. The molecule has 0 radical (unpaired) electrons. The lowest BCUT2D eigenvalue weighted by Gasteiger charge is -2.24. The average molecular weight is 341 g/mol. The van der Waals surface area contributed by atoms with Crippen LogP contribution in [0.5, 0.6) is 0 Å². The van der Waals surface area contributed by atoms with E-state index in [0.29, 0.717) is 12.5 Å². The molecule has 4 N–H and O–H groups in total. The molecule has 0 heterocycles. The summed E-state index contributed by atoms with van der Waals surface area (Å²) in [4.78, 5) is 0. The summed E-state index contributed by atoms with van der Waals surface area (Å²) in [5.41, 5.74) is 12.0. The van der Waals surface area contributed by atoms with Crippen LogP contribution in [0.3, 0.4) is 0 Å². The van der Waals surface area contributed by atoms with Gasteiger partial charge in [0.2, 0.25) is 0 Å². The number of nitrogens with two attached hydrogens (primary N) is 2. The van der Waals surface area contributed by atoms with Crippen molar-refractivity contribution in [3.05, 3.63) is 55.1 Å². The van der Waals surface area contributed by atoms with Gasteiger partial charge >= 0.3 is 8.80 Å². The van der Waals surface area contributed by atoms with Crippen LogP contribution in [0.2, 0.25) is 6.04 Å². The number of benzene rings is 1. The monoisotopic (exact) mass is 340 g/mol. The maximum atomic E-state index is 5.40. The van der Waals surface area contributed by atoms with Gasteiger partial charge in [0, 0.05) is 27.4 Å². The van der Waals surface area contributed by atoms with Gasteiger partial charge in [-0.25, -0.2) is 0 Å². The van der Waals surface area contributed by atoms with Gasteiger partial charge in [-0.3, -0.25) is 0 Å². The molecule has 0 unspecified atom stereocenters. The van der Waals surface area contributed by atoms with Crippen molar-refractivity contribution in [3.8, 4) is 0 Å². The van der Waals surface area contributed by atoms with Crippen molar-refractivity contribution >= 4 is 14.9 Å². The first kappa shape index (κ1) is 24.0. The van der Waals surface area contributed by atoms with Crippen molar-refractivity contribution in [2.75, 3.05) is 21.3 Å². The molecule has 1 rings (SSSR count). The van der Waals surface area contributed by atoms with Crippen LogP contribution < -0.4 is 11.5 Å². The van der Waals surface area contributed by atoms with Crippen molar-refractivity contribution in [2.24, 2.45) is 11.5 Å². The van der Waals surface area contributed by atoms with Gasteiger partial charge in [-0.1, -0.05) is 49.1 Å². The zero-order valence-corrected chi connectivity index (χ0v) is 15.8. The van der Waals surface area contributed by atoms with E-state index in [1.807, 2.05) is 43.3 Å². The molecule has 0 spiro atoms. The Kier molecular flexibility index (Phi) is 16.3. The van der Waals surface area contributed by atoms with Gasteiger partial charge in [-0.2, -0.15) is 0 Å². The molecule has 0 aliphatic carbocycles. The Balaban J connectivity index is 0. The van der Waals surface area contributed by atoms with Crippen LogP contribution in [-0.2, 0) is 13.3 Å². The fourth-order valence-electron chi connectivity index (χ4n) is 1.49. The molecule has 0 fully saturated rings. The Morgan fingerprint density at radius 1 is 1.04 bits per heavy atom. The molecule has 0 aliphatic rings. The topological polar surface area (TPSA) is 79.7 Å². The van der Waals surface area contributed by atoms with Crippen LogP contribution >= 0.6 is 0 Å². The molecular weight excluding hydrogens is 308 g/mol. The Hall–Kier alpha value is -1.28. The molecule has 1 aromatic rings. The Morgan fingerprint density at radius 3 is 1.74 bits per heavy atom. The predicted molar refractivity (Wildman–Crippen MR) is 101 cm³/mol. The zero-order valence-electron chi connectivity index (χ0n) is 14.8. The molecule has 0 bridgehead atoms. The summed E-state index contributed by atoms with van der Waals surface area (Å²) in [5, 5.41) is 0. The highest BCUT2D eigenvalue weighted by molar-refractivity contribution is 6.60. The van der Waals surface area contributed by atoms with E-state index in [4.69, 9.17) is 24.7 Å². The highest BCUT2D eigenvalue weighted by atomic mass is 28.4. The van der Waals surface area contributed by atoms with Crippen LogP contribution in [0, 0.1) is 0 Å². The van der Waals surface area contributed by atoms with E-state index in [0.717, 1.165) is 0 Å². The second-order valence-corrected chi connectivity index (χ2v) is 7.61. The molecule has 0 aliphatic heterocycles. The van der Waals surface area contributed by atoms with Gasteiger partial charge in [0.1, 0.15) is 0 Å². The normalized spacial score (nSPS) is 10.0. The Labute approximate surface area is 142 Å². The van der Waals surface area contributed by atoms with Gasteiger partial charge < -0.3 is 24.7 Å². The maximum Gasteiger partial charge on any atom is 0.500 e. The molecular formula is C17H32N2O3Si. The summed E-state index contributed by atoms with van der Waals surface area (Å²) in [6.45, 7) is 8.88. The molecule has 0 aromatic heterocycles. The second-order valence-electron chi connectivity index (χ2n) is 4.52. The SMILES string of the molecule is C=CC.C=Cc1ccccc1.CO[Si](CCC(N)N)(OC)OC. The summed E-state index contributed by atoms with van der Waals surface area (Å²) >= 11 is 0. The Morgan fingerprint density at radius 2 is 1.48 bits per heavy atom. The number of hydrogen-bond acceptors (Lipinski definition) is 5. The van der Waals surface area contributed by atoms with E-state index in [2.05, 4.69) is 13.2 Å². The van der Waals surface area contributed by atoms with Gasteiger partial charge in [-0.15, -0.1) is 6.58 Å². The molecule has 132 valence electrons. The first-order chi connectivity index (χ1) is 10.9. The van der Waals surface area contributed by atoms with E-state index < -0.39 is 8.80 Å². The first-order valence-corrected chi connectivity index (χ1v) is 9.29. The van der Waals surface area contributed by atoms with E-state index in [1.165, 1.54) is 5.56 Å². The molecule has 0 amide bonds. The quantitative estimate of drug-likeness (QED) is 0.453. The third kappa shape index (κ3) is 12.9. The van der Waals surface area contributed by atoms with Crippen molar-refractivity contribution in [3.63, 3.8) is 0 Å². The highest BCUT2D eigenvalue weighted by Crippen LogP contribution is 2.14. The predicted octanol–water partition coefficient (Wildman–Crippen LogP) is 3.02. The van der Waals surface area contributed by atoms with Crippen LogP contribution in [-0.4, -0.2) is 36.3 Å². The van der Waals surface area contributed by atoms with Crippen LogP contribution in [0.15, 0.2) is 49.6 Å². The van der Waals surface area contributed by atoms with E-state index in [-0.39, 0.29) is 6.17 Å². The van der Waals surface area contributed by atoms with Crippen LogP contribution in [0.4, 0.5) is 0 Å². The van der Waals surface area contributed by atoms with E-state index in [1.54, 1.807) is 27.4 Å². The minimum Gasteiger partial charge on any atom is -0.377 e. The number of rotatable bonds is 7. The first-order valence-electron chi connectivity index (χ1n) is 7.36. The minimum atomic E-state index is -2.44. The summed E-state index contributed by atoms with van der Waals surface area (Å²) < 4.78 is 15.5. The second kappa shape index (κ2) is 15.6. The minimum absolute atomic E-state index is 0.336. The maximum absolute atomic E-state index is 5.40. The lowest BCUT2D eigenvalue weighted by molar-refractivity contribution is 0.122. The fourth-order valence-corrected chi connectivity index (χ4v) is 3.29.